The third-order valence-electron chi connectivity index (χ3n) is 8.67. The second kappa shape index (κ2) is 16.9. The Morgan fingerprint density at radius 1 is 0.521 bits per heavy atom. The van der Waals surface area contributed by atoms with E-state index in [1.807, 2.05) is 12.2 Å². The van der Waals surface area contributed by atoms with E-state index in [0.717, 1.165) is 19.3 Å². The number of benzene rings is 7. The van der Waals surface area contributed by atoms with Crippen LogP contribution in [-0.2, 0) is 37.1 Å². The Morgan fingerprint density at radius 2 is 1.02 bits per heavy atom. The van der Waals surface area contributed by atoms with Crippen LogP contribution in [0.5, 0.6) is 0 Å². The predicted octanol–water partition coefficient (Wildman–Crippen LogP) is 5.68. The van der Waals surface area contributed by atoms with E-state index in [0.29, 0.717) is 0 Å². The maximum atomic E-state index is 2.99. The average molecular weight is 737 g/mol. The SMILES string of the molecule is [C-]1=CC=CC1.[Cl-].[Cl-].[Zr+2]=[C](Cc1cccc2ccccc12)Cc1cccc2ccccc12.c1ccc2c(c1)ccc1c3ccccc3[cH-]c21. The molecule has 1 aliphatic carbocycles. The van der Waals surface area contributed by atoms with E-state index in [9.17, 15) is 0 Å². The standard InChI is InChI=1S/C23H18.C17H11.C5H5.2ClH.Zr/c1-3-16-22-18(8-1)10-5-12-20(22)14-7-15-21-13-6-11-19-9-2-4-17-23(19)21;1-3-7-14-12(5-1)9-10-16-15-8-4-2-6-13(15)11-17(14)16;1-2-4-5-3-1;;;/h1-6,8-13,16-17H,14-15H2;1-11H;1-3H,4H2;2*1H;/q;2*-1;;;+2/p-2. The molecule has 0 heterocycles. The Morgan fingerprint density at radius 3 is 1.56 bits per heavy atom. The first-order valence-corrected chi connectivity index (χ1v) is 17.1. The molecule has 0 nitrogen and oxygen atoms in total. The van der Waals surface area contributed by atoms with Crippen molar-refractivity contribution >= 4 is 57.1 Å². The topological polar surface area (TPSA) is 0 Å². The zero-order valence-corrected chi connectivity index (χ0v) is 30.5. The average Bonchev–Trinajstić information content (AvgIpc) is 3.82. The van der Waals surface area contributed by atoms with Gasteiger partial charge in [-0.05, 0) is 0 Å². The van der Waals surface area contributed by atoms with Gasteiger partial charge in [-0.2, -0.15) is 6.08 Å². The maximum Gasteiger partial charge on any atom is -0.0520 e. The molecule has 0 aromatic heterocycles. The molecule has 0 radical (unpaired) electrons. The second-order valence-corrected chi connectivity index (χ2v) is 13.5. The minimum absolute atomic E-state index is 0. The van der Waals surface area contributed by atoms with Crippen molar-refractivity contribution in [1.82, 2.24) is 0 Å². The number of allylic oxidation sites excluding steroid dienone is 4. The first-order chi connectivity index (χ1) is 22.7. The number of rotatable bonds is 4. The quantitative estimate of drug-likeness (QED) is 0.205. The van der Waals surface area contributed by atoms with Gasteiger partial charge in [-0.15, -0.1) is 40.1 Å². The van der Waals surface area contributed by atoms with Crippen molar-refractivity contribution in [3.05, 3.63) is 187 Å². The van der Waals surface area contributed by atoms with Crippen LogP contribution in [0.25, 0.3) is 53.9 Å². The van der Waals surface area contributed by atoms with E-state index in [4.69, 9.17) is 0 Å². The fourth-order valence-electron chi connectivity index (χ4n) is 6.47. The van der Waals surface area contributed by atoms with Crippen molar-refractivity contribution in [2.45, 2.75) is 19.3 Å². The third kappa shape index (κ3) is 7.99. The number of hydrogen-bond donors (Lipinski definition) is 0. The maximum absolute atomic E-state index is 2.99. The van der Waals surface area contributed by atoms with Crippen LogP contribution < -0.4 is 24.8 Å². The summed E-state index contributed by atoms with van der Waals surface area (Å²) in [5.74, 6) is 0. The van der Waals surface area contributed by atoms with Gasteiger partial charge >= 0.3 is 158 Å². The van der Waals surface area contributed by atoms with Gasteiger partial charge in [0.25, 0.3) is 0 Å². The summed E-state index contributed by atoms with van der Waals surface area (Å²) in [6, 6.07) is 54.6. The van der Waals surface area contributed by atoms with E-state index >= 15 is 0 Å². The zero-order valence-electron chi connectivity index (χ0n) is 26.5. The monoisotopic (exact) mass is 734 g/mol. The Hall–Kier alpha value is -4.00. The molecule has 0 bridgehead atoms. The van der Waals surface area contributed by atoms with E-state index in [-0.39, 0.29) is 24.8 Å². The summed E-state index contributed by atoms with van der Waals surface area (Å²) in [6.45, 7) is 0. The van der Waals surface area contributed by atoms with Crippen LogP contribution in [0.4, 0.5) is 0 Å². The van der Waals surface area contributed by atoms with Crippen molar-refractivity contribution in [3.63, 3.8) is 0 Å². The van der Waals surface area contributed by atoms with Crippen LogP contribution in [0.1, 0.15) is 17.5 Å². The Balaban J connectivity index is 0.000000163. The van der Waals surface area contributed by atoms with Crippen molar-refractivity contribution < 1.29 is 49.0 Å². The van der Waals surface area contributed by atoms with E-state index in [1.54, 1.807) is 3.21 Å². The molecule has 48 heavy (non-hydrogen) atoms. The molecule has 1 aliphatic rings. The van der Waals surface area contributed by atoms with Gasteiger partial charge in [0.2, 0.25) is 0 Å². The van der Waals surface area contributed by atoms with Crippen LogP contribution >= 0.6 is 0 Å². The van der Waals surface area contributed by atoms with Gasteiger partial charge < -0.3 is 24.8 Å². The molecule has 234 valence electrons. The van der Waals surface area contributed by atoms with Gasteiger partial charge in [0, 0.05) is 0 Å². The van der Waals surface area contributed by atoms with Crippen molar-refractivity contribution in [1.29, 1.82) is 0 Å². The van der Waals surface area contributed by atoms with Crippen LogP contribution in [0.3, 0.4) is 0 Å². The minimum Gasteiger partial charge on any atom is -0.126 e. The van der Waals surface area contributed by atoms with E-state index < -0.39 is 0 Å². The summed E-state index contributed by atoms with van der Waals surface area (Å²) in [6.07, 6.45) is 12.1. The molecule has 8 aromatic rings. The Kier molecular flexibility index (Phi) is 12.4. The largest absolute Gasteiger partial charge is 0.126 e. The van der Waals surface area contributed by atoms with E-state index in [1.165, 1.54) is 89.2 Å². The summed E-state index contributed by atoms with van der Waals surface area (Å²) < 4.78 is 1.59. The van der Waals surface area contributed by atoms with Crippen molar-refractivity contribution in [2.24, 2.45) is 0 Å². The summed E-state index contributed by atoms with van der Waals surface area (Å²) in [4.78, 5) is 0. The summed E-state index contributed by atoms with van der Waals surface area (Å²) in [5.41, 5.74) is 2.89. The molecule has 9 rings (SSSR count). The molecule has 0 aliphatic heterocycles. The fraction of sp³-hybridized carbons (Fsp3) is 0.0667. The first-order valence-electron chi connectivity index (χ1n) is 15.9. The first kappa shape index (κ1) is 35.3. The van der Waals surface area contributed by atoms with Gasteiger partial charge in [-0.1, -0.05) is 65.4 Å². The zero-order chi connectivity index (χ0) is 31.1. The second-order valence-electron chi connectivity index (χ2n) is 11.7. The van der Waals surface area contributed by atoms with Crippen LogP contribution in [0, 0.1) is 6.08 Å². The normalized spacial score (nSPS) is 11.5. The van der Waals surface area contributed by atoms with E-state index in [2.05, 4.69) is 164 Å². The molecule has 0 fully saturated rings. The smallest absolute Gasteiger partial charge is 0.0520 e. The van der Waals surface area contributed by atoms with Gasteiger partial charge in [-0.3, -0.25) is 6.08 Å². The summed E-state index contributed by atoms with van der Waals surface area (Å²) >= 11 is 1.53. The molecule has 0 N–H and O–H groups in total. The Bertz CT molecular complexity index is 2270. The molecule has 3 heteroatoms. The molecule has 0 spiro atoms. The molecule has 0 saturated carbocycles. The van der Waals surface area contributed by atoms with Gasteiger partial charge in [-0.25, -0.2) is 12.2 Å². The summed E-state index contributed by atoms with van der Waals surface area (Å²) in [5, 5.41) is 13.5. The summed E-state index contributed by atoms with van der Waals surface area (Å²) in [7, 11) is 0. The van der Waals surface area contributed by atoms with Crippen LogP contribution in [0.15, 0.2) is 170 Å². The van der Waals surface area contributed by atoms with Crippen LogP contribution in [-0.4, -0.2) is 3.21 Å². The number of hydrogen-bond acceptors (Lipinski definition) is 0. The van der Waals surface area contributed by atoms with Gasteiger partial charge in [0.1, 0.15) is 0 Å². The van der Waals surface area contributed by atoms with Gasteiger partial charge in [0.15, 0.2) is 0 Å². The fourth-order valence-corrected chi connectivity index (χ4v) is 7.40. The molecule has 0 saturated heterocycles. The number of halogens is 2. The Labute approximate surface area is 310 Å². The van der Waals surface area contributed by atoms with Crippen LogP contribution in [0.2, 0.25) is 0 Å². The minimum atomic E-state index is 0. The van der Waals surface area contributed by atoms with Crippen molar-refractivity contribution in [2.75, 3.05) is 0 Å². The molecular weight excluding hydrogens is 703 g/mol. The molecule has 0 atom stereocenters. The molecule has 0 unspecified atom stereocenters. The molecular formula is C45H34Cl2Zr-2. The van der Waals surface area contributed by atoms with Crippen molar-refractivity contribution in [3.8, 4) is 0 Å². The predicted molar refractivity (Wildman–Crippen MR) is 196 cm³/mol. The molecule has 0 amide bonds. The van der Waals surface area contributed by atoms with Gasteiger partial charge in [0.05, 0.1) is 0 Å². The molecule has 8 aromatic carbocycles. The number of fused-ring (bicyclic) bond motifs is 7. The third-order valence-corrected chi connectivity index (χ3v) is 9.54.